The second kappa shape index (κ2) is 5.88. The highest BCUT2D eigenvalue weighted by molar-refractivity contribution is 7.90. The first kappa shape index (κ1) is 17.0. The van der Waals surface area contributed by atoms with E-state index in [4.69, 9.17) is 0 Å². The van der Waals surface area contributed by atoms with Crippen LogP contribution in [0.4, 0.5) is 5.69 Å². The Balaban J connectivity index is 2.03. The van der Waals surface area contributed by atoms with Crippen LogP contribution in [-0.4, -0.2) is 32.2 Å². The van der Waals surface area contributed by atoms with Gasteiger partial charge in [-0.25, -0.2) is 0 Å². The molecule has 1 aromatic rings. The molecule has 1 fully saturated rings. The molecule has 130 valence electrons. The van der Waals surface area contributed by atoms with Crippen molar-refractivity contribution in [1.82, 2.24) is 5.32 Å². The summed E-state index contributed by atoms with van der Waals surface area (Å²) in [6.07, 6.45) is 3.69. The fourth-order valence-corrected chi connectivity index (χ4v) is 4.32. The van der Waals surface area contributed by atoms with E-state index in [9.17, 15) is 13.2 Å². The third kappa shape index (κ3) is 3.31. The van der Waals surface area contributed by atoms with Crippen LogP contribution in [0.2, 0.25) is 0 Å². The van der Waals surface area contributed by atoms with Crippen LogP contribution < -0.4 is 10.2 Å². The van der Waals surface area contributed by atoms with Crippen molar-refractivity contribution in [2.45, 2.75) is 56.9 Å². The van der Waals surface area contributed by atoms with E-state index in [2.05, 4.69) is 9.71 Å². The molecular formula is C17H23N3O3S. The molecule has 7 heteroatoms. The van der Waals surface area contributed by atoms with Gasteiger partial charge in [0.1, 0.15) is 10.7 Å². The second-order valence-corrected chi connectivity index (χ2v) is 8.90. The van der Waals surface area contributed by atoms with Gasteiger partial charge in [0.2, 0.25) is 0 Å². The highest BCUT2D eigenvalue weighted by Gasteiger charge is 2.32. The predicted molar refractivity (Wildman–Crippen MR) is 94.1 cm³/mol. The van der Waals surface area contributed by atoms with E-state index in [1.54, 1.807) is 12.1 Å². The molecule has 0 unspecified atom stereocenters. The Kier molecular flexibility index (Phi) is 4.15. The van der Waals surface area contributed by atoms with Crippen molar-refractivity contribution in [1.29, 1.82) is 0 Å². The number of anilines is 1. The summed E-state index contributed by atoms with van der Waals surface area (Å²) in [4.78, 5) is 14.4. The zero-order chi connectivity index (χ0) is 17.5. The number of hydrogen-bond donors (Lipinski definition) is 1. The SMILES string of the molecule is CC(C)(C)NC(=O)c1ccc2c(c1)S(=O)(=O)N=C1CCCCCN12. The maximum atomic E-state index is 12.6. The quantitative estimate of drug-likeness (QED) is 0.845. The fourth-order valence-electron chi connectivity index (χ4n) is 3.03. The molecule has 1 N–H and O–H groups in total. The molecule has 1 saturated heterocycles. The summed E-state index contributed by atoms with van der Waals surface area (Å²) in [6, 6.07) is 4.85. The molecule has 2 aliphatic heterocycles. The summed E-state index contributed by atoms with van der Waals surface area (Å²) in [7, 11) is -3.76. The molecule has 3 rings (SSSR count). The third-order valence-corrected chi connectivity index (χ3v) is 5.43. The van der Waals surface area contributed by atoms with Gasteiger partial charge in [-0.2, -0.15) is 8.42 Å². The van der Waals surface area contributed by atoms with Crippen LogP contribution in [0.1, 0.15) is 56.8 Å². The number of rotatable bonds is 1. The van der Waals surface area contributed by atoms with Crippen molar-refractivity contribution < 1.29 is 13.2 Å². The molecule has 6 nitrogen and oxygen atoms in total. The van der Waals surface area contributed by atoms with Crippen LogP contribution in [0.25, 0.3) is 0 Å². The Morgan fingerprint density at radius 2 is 1.96 bits per heavy atom. The summed E-state index contributed by atoms with van der Waals surface area (Å²) < 4.78 is 29.1. The molecule has 1 aromatic carbocycles. The monoisotopic (exact) mass is 349 g/mol. The Bertz CT molecular complexity index is 807. The summed E-state index contributed by atoms with van der Waals surface area (Å²) in [6.45, 7) is 6.41. The van der Waals surface area contributed by atoms with E-state index in [0.29, 0.717) is 23.5 Å². The number of amidine groups is 1. The fraction of sp³-hybridized carbons (Fsp3) is 0.529. The highest BCUT2D eigenvalue weighted by atomic mass is 32.2. The zero-order valence-corrected chi connectivity index (χ0v) is 15.1. The van der Waals surface area contributed by atoms with Gasteiger partial charge in [0.05, 0.1) is 5.69 Å². The molecule has 1 amide bonds. The maximum Gasteiger partial charge on any atom is 0.286 e. The molecule has 0 saturated carbocycles. The standard InChI is InChI=1S/C17H23N3O3S/c1-17(2,3)18-16(21)12-8-9-13-14(11-12)24(22,23)19-15-7-5-4-6-10-20(13)15/h8-9,11H,4-7,10H2,1-3H3,(H,18,21). The number of sulfonamides is 1. The first-order valence-electron chi connectivity index (χ1n) is 8.25. The normalized spacial score (nSPS) is 19.6. The molecule has 2 aliphatic rings. The molecule has 0 radical (unpaired) electrons. The van der Waals surface area contributed by atoms with Crippen molar-refractivity contribution in [3.8, 4) is 0 Å². The first-order chi connectivity index (χ1) is 11.2. The number of nitrogens with one attached hydrogen (secondary N) is 1. The van der Waals surface area contributed by atoms with Gasteiger partial charge < -0.3 is 10.2 Å². The lowest BCUT2D eigenvalue weighted by Crippen LogP contribution is -2.41. The number of carbonyl (C=O) groups excluding carboxylic acids is 1. The number of nitrogens with zero attached hydrogens (tertiary/aromatic N) is 2. The van der Waals surface area contributed by atoms with Crippen molar-refractivity contribution in [2.75, 3.05) is 11.4 Å². The molecule has 0 aromatic heterocycles. The number of hydrogen-bond acceptors (Lipinski definition) is 4. The summed E-state index contributed by atoms with van der Waals surface area (Å²) >= 11 is 0. The van der Waals surface area contributed by atoms with Crippen molar-refractivity contribution in [3.63, 3.8) is 0 Å². The number of benzene rings is 1. The van der Waals surface area contributed by atoms with E-state index in [1.165, 1.54) is 6.07 Å². The highest BCUT2D eigenvalue weighted by Crippen LogP contribution is 2.35. The van der Waals surface area contributed by atoms with Crippen LogP contribution >= 0.6 is 0 Å². The topological polar surface area (TPSA) is 78.8 Å². The minimum absolute atomic E-state index is 0.120. The summed E-state index contributed by atoms with van der Waals surface area (Å²) in [5.74, 6) is 0.332. The predicted octanol–water partition coefficient (Wildman–Crippen LogP) is 2.70. The van der Waals surface area contributed by atoms with E-state index < -0.39 is 10.0 Å². The van der Waals surface area contributed by atoms with Crippen LogP contribution in [0.5, 0.6) is 0 Å². The number of fused-ring (bicyclic) bond motifs is 3. The second-order valence-electron chi connectivity index (χ2n) is 7.33. The van der Waals surface area contributed by atoms with Crippen molar-refractivity contribution >= 4 is 27.5 Å². The average molecular weight is 349 g/mol. The lowest BCUT2D eigenvalue weighted by Gasteiger charge is -2.30. The molecule has 0 bridgehead atoms. The van der Waals surface area contributed by atoms with Crippen molar-refractivity contribution in [3.05, 3.63) is 23.8 Å². The van der Waals surface area contributed by atoms with Crippen LogP contribution in [0, 0.1) is 0 Å². The Morgan fingerprint density at radius 3 is 2.67 bits per heavy atom. The molecule has 0 atom stereocenters. The van der Waals surface area contributed by atoms with Gasteiger partial charge in [-0.05, 0) is 51.8 Å². The van der Waals surface area contributed by atoms with Gasteiger partial charge in [-0.3, -0.25) is 4.79 Å². The lowest BCUT2D eigenvalue weighted by atomic mass is 10.1. The maximum absolute atomic E-state index is 12.6. The third-order valence-electron chi connectivity index (χ3n) is 4.10. The van der Waals surface area contributed by atoms with Gasteiger partial charge in [-0.15, -0.1) is 4.40 Å². The van der Waals surface area contributed by atoms with E-state index in [1.807, 2.05) is 25.7 Å². The molecule has 0 aliphatic carbocycles. The van der Waals surface area contributed by atoms with E-state index >= 15 is 0 Å². The molecule has 0 spiro atoms. The molecular weight excluding hydrogens is 326 g/mol. The lowest BCUT2D eigenvalue weighted by molar-refractivity contribution is 0.0919. The van der Waals surface area contributed by atoms with Crippen molar-refractivity contribution in [2.24, 2.45) is 4.40 Å². The summed E-state index contributed by atoms with van der Waals surface area (Å²) in [5, 5.41) is 2.85. The van der Waals surface area contributed by atoms with Gasteiger partial charge in [0, 0.05) is 24.1 Å². The van der Waals surface area contributed by atoms with E-state index in [-0.39, 0.29) is 16.3 Å². The van der Waals surface area contributed by atoms with Crippen LogP contribution in [-0.2, 0) is 10.0 Å². The zero-order valence-electron chi connectivity index (χ0n) is 14.3. The van der Waals surface area contributed by atoms with Gasteiger partial charge in [0.25, 0.3) is 15.9 Å². The van der Waals surface area contributed by atoms with Gasteiger partial charge >= 0.3 is 0 Å². The minimum Gasteiger partial charge on any atom is -0.347 e. The Hall–Kier alpha value is -1.89. The Morgan fingerprint density at radius 1 is 1.21 bits per heavy atom. The van der Waals surface area contributed by atoms with Crippen LogP contribution in [0.15, 0.2) is 27.5 Å². The minimum atomic E-state index is -3.76. The number of carbonyl (C=O) groups is 1. The van der Waals surface area contributed by atoms with Gasteiger partial charge in [0.15, 0.2) is 0 Å². The van der Waals surface area contributed by atoms with E-state index in [0.717, 1.165) is 25.8 Å². The smallest absolute Gasteiger partial charge is 0.286 e. The van der Waals surface area contributed by atoms with Gasteiger partial charge in [-0.1, -0.05) is 6.42 Å². The molecule has 2 heterocycles. The largest absolute Gasteiger partial charge is 0.347 e. The first-order valence-corrected chi connectivity index (χ1v) is 9.69. The number of amides is 1. The Labute approximate surface area is 143 Å². The average Bonchev–Trinajstić information content (AvgIpc) is 2.70. The summed E-state index contributed by atoms with van der Waals surface area (Å²) in [5.41, 5.74) is 0.581. The van der Waals surface area contributed by atoms with Crippen LogP contribution in [0.3, 0.4) is 0 Å². The molecule has 24 heavy (non-hydrogen) atoms.